The first-order valence-electron chi connectivity index (χ1n) is 5.93. The van der Waals surface area contributed by atoms with Crippen LogP contribution >= 0.6 is 0 Å². The van der Waals surface area contributed by atoms with Gasteiger partial charge in [-0.3, -0.25) is 14.8 Å². The van der Waals surface area contributed by atoms with Gasteiger partial charge >= 0.3 is 5.97 Å². The Kier molecular flexibility index (Phi) is 2.59. The zero-order valence-corrected chi connectivity index (χ0v) is 9.78. The average Bonchev–Trinajstić information content (AvgIpc) is 2.87. The number of fused-ring (bicyclic) bond motifs is 1. The Labute approximate surface area is 104 Å². The van der Waals surface area contributed by atoms with Gasteiger partial charge in [-0.25, -0.2) is 0 Å². The van der Waals surface area contributed by atoms with Gasteiger partial charge in [0.15, 0.2) is 0 Å². The van der Waals surface area contributed by atoms with Crippen LogP contribution in [0.2, 0.25) is 0 Å². The van der Waals surface area contributed by atoms with Crippen molar-refractivity contribution in [2.24, 2.45) is 5.92 Å². The Morgan fingerprint density at radius 2 is 2.22 bits per heavy atom. The van der Waals surface area contributed by atoms with Crippen molar-refractivity contribution in [1.82, 2.24) is 9.97 Å². The molecule has 0 aliphatic carbocycles. The molecule has 5 heteroatoms. The summed E-state index contributed by atoms with van der Waals surface area (Å²) in [6.07, 6.45) is 4.16. The summed E-state index contributed by atoms with van der Waals surface area (Å²) in [6, 6.07) is 5.67. The fourth-order valence-corrected chi connectivity index (χ4v) is 2.40. The second-order valence-corrected chi connectivity index (χ2v) is 4.47. The van der Waals surface area contributed by atoms with Gasteiger partial charge in [0.25, 0.3) is 0 Å². The molecule has 0 radical (unpaired) electrons. The van der Waals surface area contributed by atoms with Crippen molar-refractivity contribution in [3.05, 3.63) is 30.6 Å². The highest BCUT2D eigenvalue weighted by Gasteiger charge is 2.29. The fourth-order valence-electron chi connectivity index (χ4n) is 2.40. The summed E-state index contributed by atoms with van der Waals surface area (Å²) in [6.45, 7) is 1.30. The monoisotopic (exact) mass is 243 g/mol. The molecule has 5 nitrogen and oxygen atoms in total. The van der Waals surface area contributed by atoms with Crippen molar-refractivity contribution in [2.75, 3.05) is 18.0 Å². The standard InChI is InChI=1S/C13H13N3O2/c17-13(18)9-4-7-16(8-9)11-3-6-14-10-2-1-5-15-12(10)11/h1-3,5-6,9H,4,7-8H2,(H,17,18). The van der Waals surface area contributed by atoms with Gasteiger partial charge in [0.05, 0.1) is 17.1 Å². The van der Waals surface area contributed by atoms with Crippen LogP contribution in [-0.2, 0) is 4.79 Å². The van der Waals surface area contributed by atoms with Crippen molar-refractivity contribution in [2.45, 2.75) is 6.42 Å². The Bertz CT molecular complexity index is 594. The van der Waals surface area contributed by atoms with E-state index < -0.39 is 5.97 Å². The topological polar surface area (TPSA) is 66.3 Å². The molecule has 1 aliphatic heterocycles. The molecular formula is C13H13N3O2. The Morgan fingerprint density at radius 1 is 1.33 bits per heavy atom. The van der Waals surface area contributed by atoms with Crippen LogP contribution in [0.5, 0.6) is 0 Å². The molecule has 92 valence electrons. The van der Waals surface area contributed by atoms with Gasteiger partial charge in [-0.2, -0.15) is 0 Å². The number of carbonyl (C=O) groups is 1. The molecule has 0 spiro atoms. The SMILES string of the molecule is O=C(O)C1CCN(c2ccnc3cccnc23)C1. The Balaban J connectivity index is 1.98. The first kappa shape index (κ1) is 11.0. The minimum Gasteiger partial charge on any atom is -0.481 e. The van der Waals surface area contributed by atoms with E-state index in [2.05, 4.69) is 14.9 Å². The number of carboxylic acid groups (broad SMARTS) is 1. The number of hydrogen-bond acceptors (Lipinski definition) is 4. The van der Waals surface area contributed by atoms with Crippen LogP contribution in [0, 0.1) is 5.92 Å². The number of rotatable bonds is 2. The Hall–Kier alpha value is -2.17. The van der Waals surface area contributed by atoms with E-state index in [4.69, 9.17) is 5.11 Å². The van der Waals surface area contributed by atoms with Crippen LogP contribution < -0.4 is 4.90 Å². The second-order valence-electron chi connectivity index (χ2n) is 4.47. The normalized spacial score (nSPS) is 19.3. The van der Waals surface area contributed by atoms with Crippen molar-refractivity contribution in [1.29, 1.82) is 0 Å². The molecule has 18 heavy (non-hydrogen) atoms. The lowest BCUT2D eigenvalue weighted by Gasteiger charge is -2.19. The van der Waals surface area contributed by atoms with E-state index in [-0.39, 0.29) is 5.92 Å². The molecule has 3 rings (SSSR count). The van der Waals surface area contributed by atoms with Crippen LogP contribution in [0.1, 0.15) is 6.42 Å². The predicted molar refractivity (Wildman–Crippen MR) is 67.5 cm³/mol. The summed E-state index contributed by atoms with van der Waals surface area (Å²) in [4.78, 5) is 21.7. The summed E-state index contributed by atoms with van der Waals surface area (Å²) >= 11 is 0. The quantitative estimate of drug-likeness (QED) is 0.866. The molecule has 1 fully saturated rings. The van der Waals surface area contributed by atoms with Crippen LogP contribution in [0.15, 0.2) is 30.6 Å². The third-order valence-corrected chi connectivity index (χ3v) is 3.35. The molecule has 2 aromatic heterocycles. The molecule has 1 atom stereocenters. The molecule has 1 N–H and O–H groups in total. The maximum atomic E-state index is 11.0. The number of aromatic nitrogens is 2. The van der Waals surface area contributed by atoms with E-state index in [9.17, 15) is 4.79 Å². The molecule has 0 bridgehead atoms. The van der Waals surface area contributed by atoms with Gasteiger partial charge in [-0.05, 0) is 24.6 Å². The third-order valence-electron chi connectivity index (χ3n) is 3.35. The van der Waals surface area contributed by atoms with Gasteiger partial charge in [0.2, 0.25) is 0 Å². The van der Waals surface area contributed by atoms with Crippen LogP contribution in [0.4, 0.5) is 5.69 Å². The van der Waals surface area contributed by atoms with Crippen molar-refractivity contribution >= 4 is 22.7 Å². The zero-order valence-electron chi connectivity index (χ0n) is 9.78. The van der Waals surface area contributed by atoms with Gasteiger partial charge in [-0.1, -0.05) is 0 Å². The molecule has 2 aromatic rings. The number of anilines is 1. The van der Waals surface area contributed by atoms with Gasteiger partial charge in [0.1, 0.15) is 5.52 Å². The number of carboxylic acids is 1. The largest absolute Gasteiger partial charge is 0.481 e. The highest BCUT2D eigenvalue weighted by Crippen LogP contribution is 2.28. The molecule has 0 aromatic carbocycles. The summed E-state index contributed by atoms with van der Waals surface area (Å²) < 4.78 is 0. The zero-order chi connectivity index (χ0) is 12.5. The predicted octanol–water partition coefficient (Wildman–Crippen LogP) is 1.54. The minimum absolute atomic E-state index is 0.281. The lowest BCUT2D eigenvalue weighted by Crippen LogP contribution is -2.23. The first-order valence-corrected chi connectivity index (χ1v) is 5.93. The molecule has 0 amide bonds. The Morgan fingerprint density at radius 3 is 3.00 bits per heavy atom. The molecule has 1 aliphatic rings. The van der Waals surface area contributed by atoms with E-state index in [0.29, 0.717) is 13.0 Å². The summed E-state index contributed by atoms with van der Waals surface area (Å²) in [7, 11) is 0. The van der Waals surface area contributed by atoms with E-state index in [1.54, 1.807) is 12.4 Å². The maximum absolute atomic E-state index is 11.0. The summed E-state index contributed by atoms with van der Waals surface area (Å²) in [5.74, 6) is -0.999. The molecule has 0 saturated carbocycles. The third kappa shape index (κ3) is 1.77. The highest BCUT2D eigenvalue weighted by atomic mass is 16.4. The number of nitrogens with zero attached hydrogens (tertiary/aromatic N) is 3. The number of pyridine rings is 2. The van der Waals surface area contributed by atoms with E-state index in [1.807, 2.05) is 18.2 Å². The van der Waals surface area contributed by atoms with Crippen molar-refractivity contribution < 1.29 is 9.90 Å². The molecule has 1 unspecified atom stereocenters. The van der Waals surface area contributed by atoms with Crippen LogP contribution in [0.3, 0.4) is 0 Å². The van der Waals surface area contributed by atoms with E-state index in [0.717, 1.165) is 23.3 Å². The second kappa shape index (κ2) is 4.25. The maximum Gasteiger partial charge on any atom is 0.308 e. The van der Waals surface area contributed by atoms with Crippen molar-refractivity contribution in [3.8, 4) is 0 Å². The van der Waals surface area contributed by atoms with Gasteiger partial charge < -0.3 is 10.0 Å². The number of hydrogen-bond donors (Lipinski definition) is 1. The molecular weight excluding hydrogens is 230 g/mol. The van der Waals surface area contributed by atoms with E-state index in [1.165, 1.54) is 0 Å². The van der Waals surface area contributed by atoms with Gasteiger partial charge in [0, 0.05) is 25.5 Å². The fraction of sp³-hybridized carbons (Fsp3) is 0.308. The minimum atomic E-state index is -0.719. The van der Waals surface area contributed by atoms with Crippen molar-refractivity contribution in [3.63, 3.8) is 0 Å². The average molecular weight is 243 g/mol. The first-order chi connectivity index (χ1) is 8.75. The van der Waals surface area contributed by atoms with E-state index >= 15 is 0 Å². The highest BCUT2D eigenvalue weighted by molar-refractivity contribution is 5.88. The summed E-state index contributed by atoms with van der Waals surface area (Å²) in [5.41, 5.74) is 2.66. The van der Waals surface area contributed by atoms with Crippen LogP contribution in [-0.4, -0.2) is 34.1 Å². The van der Waals surface area contributed by atoms with Gasteiger partial charge in [-0.15, -0.1) is 0 Å². The molecule has 1 saturated heterocycles. The molecule has 3 heterocycles. The van der Waals surface area contributed by atoms with Crippen LogP contribution in [0.25, 0.3) is 11.0 Å². The lowest BCUT2D eigenvalue weighted by molar-refractivity contribution is -0.140. The number of aliphatic carboxylic acids is 1. The smallest absolute Gasteiger partial charge is 0.308 e. The summed E-state index contributed by atoms with van der Waals surface area (Å²) in [5, 5.41) is 9.04. The lowest BCUT2D eigenvalue weighted by atomic mass is 10.1.